The number of amides is 2. The van der Waals surface area contributed by atoms with Gasteiger partial charge >= 0.3 is 0 Å². The molecule has 2 rings (SSSR count). The molecule has 7 heteroatoms. The zero-order valence-corrected chi connectivity index (χ0v) is 22.3. The summed E-state index contributed by atoms with van der Waals surface area (Å²) in [6.07, 6.45) is 1.90. The van der Waals surface area contributed by atoms with Crippen molar-refractivity contribution < 1.29 is 14.3 Å². The van der Waals surface area contributed by atoms with Crippen LogP contribution in [0.3, 0.4) is 0 Å². The highest BCUT2D eigenvalue weighted by Gasteiger charge is 2.26. The van der Waals surface area contributed by atoms with E-state index in [0.29, 0.717) is 24.8 Å². The van der Waals surface area contributed by atoms with Crippen LogP contribution < -0.4 is 10.1 Å². The molecule has 32 heavy (non-hydrogen) atoms. The fourth-order valence-electron chi connectivity index (χ4n) is 3.17. The maximum atomic E-state index is 13.2. The van der Waals surface area contributed by atoms with Crippen molar-refractivity contribution in [3.8, 4) is 5.75 Å². The Morgan fingerprint density at radius 3 is 2.47 bits per heavy atom. The maximum Gasteiger partial charge on any atom is 0.261 e. The summed E-state index contributed by atoms with van der Waals surface area (Å²) in [6, 6.07) is 13.0. The third-order valence-electron chi connectivity index (χ3n) is 5.21. The van der Waals surface area contributed by atoms with Crippen LogP contribution in [-0.2, 0) is 16.1 Å². The van der Waals surface area contributed by atoms with Crippen LogP contribution >= 0.6 is 31.9 Å². The van der Waals surface area contributed by atoms with Crippen molar-refractivity contribution in [3.63, 3.8) is 0 Å². The standard InChI is InChI=1S/C25H32Br2N2O3/c1-5-6-12-28-25(31)18(4)29(15-19-8-7-9-21(26)13-19)24(30)16-32-23-11-10-20(17(2)3)14-22(23)27/h7-11,13-14,17-18H,5-6,12,15-16H2,1-4H3,(H,28,31). The number of unbranched alkanes of at least 4 members (excludes halogenated alkanes) is 1. The highest BCUT2D eigenvalue weighted by molar-refractivity contribution is 9.10. The van der Waals surface area contributed by atoms with E-state index in [4.69, 9.17) is 4.74 Å². The molecule has 1 atom stereocenters. The van der Waals surface area contributed by atoms with E-state index in [9.17, 15) is 9.59 Å². The molecule has 0 bridgehead atoms. The molecule has 5 nitrogen and oxygen atoms in total. The molecule has 0 aliphatic heterocycles. The SMILES string of the molecule is CCCCNC(=O)C(C)N(Cc1cccc(Br)c1)C(=O)COc1ccc(C(C)C)cc1Br. The van der Waals surface area contributed by atoms with E-state index in [1.807, 2.05) is 42.5 Å². The van der Waals surface area contributed by atoms with Crippen molar-refractivity contribution in [1.82, 2.24) is 10.2 Å². The highest BCUT2D eigenvalue weighted by Crippen LogP contribution is 2.29. The van der Waals surface area contributed by atoms with Crippen LogP contribution in [-0.4, -0.2) is 35.9 Å². The predicted octanol–water partition coefficient (Wildman–Crippen LogP) is 6.05. The molecule has 1 unspecified atom stereocenters. The van der Waals surface area contributed by atoms with Crippen LogP contribution in [0.1, 0.15) is 57.6 Å². The van der Waals surface area contributed by atoms with E-state index < -0.39 is 6.04 Å². The number of benzene rings is 2. The predicted molar refractivity (Wildman–Crippen MR) is 136 cm³/mol. The third kappa shape index (κ3) is 7.93. The van der Waals surface area contributed by atoms with Gasteiger partial charge in [-0.05, 0) is 70.6 Å². The summed E-state index contributed by atoms with van der Waals surface area (Å²) in [6.45, 7) is 8.84. The quantitative estimate of drug-likeness (QED) is 0.336. The van der Waals surface area contributed by atoms with Gasteiger partial charge in [0.05, 0.1) is 4.47 Å². The smallest absolute Gasteiger partial charge is 0.261 e. The minimum atomic E-state index is -0.617. The molecular weight excluding hydrogens is 536 g/mol. The monoisotopic (exact) mass is 566 g/mol. The molecular formula is C25H32Br2N2O3. The zero-order valence-electron chi connectivity index (χ0n) is 19.2. The first-order valence-corrected chi connectivity index (χ1v) is 12.5. The van der Waals surface area contributed by atoms with Crippen LogP contribution in [0.5, 0.6) is 5.75 Å². The van der Waals surface area contributed by atoms with E-state index in [0.717, 1.165) is 27.4 Å². The van der Waals surface area contributed by atoms with Crippen molar-refractivity contribution in [2.75, 3.05) is 13.2 Å². The van der Waals surface area contributed by atoms with Gasteiger partial charge in [-0.25, -0.2) is 0 Å². The summed E-state index contributed by atoms with van der Waals surface area (Å²) < 4.78 is 7.55. The number of nitrogens with zero attached hydrogens (tertiary/aromatic N) is 1. The lowest BCUT2D eigenvalue weighted by Gasteiger charge is -2.29. The number of hydrogen-bond donors (Lipinski definition) is 1. The number of ether oxygens (including phenoxy) is 1. The minimum absolute atomic E-state index is 0.153. The van der Waals surface area contributed by atoms with Crippen LogP contribution in [0.25, 0.3) is 0 Å². The Bertz CT molecular complexity index is 918. The first-order valence-electron chi connectivity index (χ1n) is 11.0. The van der Waals surface area contributed by atoms with Crippen LogP contribution in [0, 0.1) is 0 Å². The van der Waals surface area contributed by atoms with Crippen LogP contribution in [0.15, 0.2) is 51.4 Å². The molecule has 0 aromatic heterocycles. The summed E-state index contributed by atoms with van der Waals surface area (Å²) >= 11 is 7.00. The van der Waals surface area contributed by atoms with Crippen molar-refractivity contribution >= 4 is 43.7 Å². The van der Waals surface area contributed by atoms with Gasteiger partial charge in [-0.3, -0.25) is 9.59 Å². The molecule has 0 saturated carbocycles. The summed E-state index contributed by atoms with van der Waals surface area (Å²) in [7, 11) is 0. The molecule has 0 fully saturated rings. The molecule has 2 aromatic carbocycles. The topological polar surface area (TPSA) is 58.6 Å². The Kier molecular flexibility index (Phi) is 10.7. The van der Waals surface area contributed by atoms with E-state index in [2.05, 4.69) is 57.9 Å². The van der Waals surface area contributed by atoms with Crippen LogP contribution in [0.4, 0.5) is 0 Å². The molecule has 0 aliphatic rings. The Hall–Kier alpha value is -1.86. The second-order valence-electron chi connectivity index (χ2n) is 8.11. The molecule has 2 aromatic rings. The van der Waals surface area contributed by atoms with Gasteiger partial charge in [-0.2, -0.15) is 0 Å². The van der Waals surface area contributed by atoms with Gasteiger partial charge in [0.25, 0.3) is 5.91 Å². The lowest BCUT2D eigenvalue weighted by atomic mass is 10.0. The highest BCUT2D eigenvalue weighted by atomic mass is 79.9. The van der Waals surface area contributed by atoms with Crippen LogP contribution in [0.2, 0.25) is 0 Å². The Morgan fingerprint density at radius 2 is 1.84 bits per heavy atom. The Balaban J connectivity index is 2.14. The lowest BCUT2D eigenvalue weighted by molar-refractivity contribution is -0.142. The normalized spacial score (nSPS) is 11.8. The summed E-state index contributed by atoms with van der Waals surface area (Å²) in [5.41, 5.74) is 2.12. The first kappa shape index (κ1) is 26.4. The summed E-state index contributed by atoms with van der Waals surface area (Å²) in [5, 5.41) is 2.93. The average molecular weight is 568 g/mol. The number of hydrogen-bond acceptors (Lipinski definition) is 3. The summed E-state index contributed by atoms with van der Waals surface area (Å²) in [5.74, 6) is 0.590. The molecule has 0 spiro atoms. The molecule has 0 aliphatic carbocycles. The molecule has 1 N–H and O–H groups in total. The Morgan fingerprint density at radius 1 is 1.09 bits per heavy atom. The molecule has 174 valence electrons. The Labute approximate surface area is 208 Å². The largest absolute Gasteiger partial charge is 0.483 e. The van der Waals surface area contributed by atoms with Crippen molar-refractivity contribution in [1.29, 1.82) is 0 Å². The fourth-order valence-corrected chi connectivity index (χ4v) is 4.12. The minimum Gasteiger partial charge on any atom is -0.483 e. The van der Waals surface area contributed by atoms with Gasteiger partial charge in [0.1, 0.15) is 11.8 Å². The van der Waals surface area contributed by atoms with Gasteiger partial charge < -0.3 is 15.0 Å². The van der Waals surface area contributed by atoms with E-state index >= 15 is 0 Å². The van der Waals surface area contributed by atoms with Gasteiger partial charge in [-0.1, -0.05) is 61.3 Å². The fraction of sp³-hybridized carbons (Fsp3) is 0.440. The number of rotatable bonds is 11. The third-order valence-corrected chi connectivity index (χ3v) is 6.33. The molecule has 2 amide bonds. The van der Waals surface area contributed by atoms with Gasteiger partial charge in [0.2, 0.25) is 5.91 Å². The molecule has 0 radical (unpaired) electrons. The average Bonchev–Trinajstić information content (AvgIpc) is 2.76. The number of carbonyl (C=O) groups excluding carboxylic acids is 2. The number of halogens is 2. The summed E-state index contributed by atoms with van der Waals surface area (Å²) in [4.78, 5) is 27.4. The number of carbonyl (C=O) groups is 2. The van der Waals surface area contributed by atoms with Crippen molar-refractivity contribution in [2.24, 2.45) is 0 Å². The van der Waals surface area contributed by atoms with Gasteiger partial charge in [-0.15, -0.1) is 0 Å². The van der Waals surface area contributed by atoms with E-state index in [-0.39, 0.29) is 18.4 Å². The second-order valence-corrected chi connectivity index (χ2v) is 9.88. The first-order chi connectivity index (χ1) is 15.2. The molecule has 0 heterocycles. The van der Waals surface area contributed by atoms with Gasteiger partial charge in [0, 0.05) is 17.6 Å². The van der Waals surface area contributed by atoms with Crippen molar-refractivity contribution in [2.45, 2.75) is 59.0 Å². The number of nitrogens with one attached hydrogen (secondary N) is 1. The van der Waals surface area contributed by atoms with E-state index in [1.165, 1.54) is 5.56 Å². The van der Waals surface area contributed by atoms with Gasteiger partial charge in [0.15, 0.2) is 6.61 Å². The molecule has 0 saturated heterocycles. The second kappa shape index (κ2) is 13.0. The maximum absolute atomic E-state index is 13.2. The van der Waals surface area contributed by atoms with Crippen molar-refractivity contribution in [3.05, 3.63) is 62.5 Å². The lowest BCUT2D eigenvalue weighted by Crippen LogP contribution is -2.49. The zero-order chi connectivity index (χ0) is 23.7. The van der Waals surface area contributed by atoms with E-state index in [1.54, 1.807) is 11.8 Å².